The fourth-order valence-electron chi connectivity index (χ4n) is 3.11. The first kappa shape index (κ1) is 21.7. The number of halogens is 3. The van der Waals surface area contributed by atoms with Gasteiger partial charge >= 0.3 is 6.03 Å². The van der Waals surface area contributed by atoms with Gasteiger partial charge in [0.15, 0.2) is 0 Å². The predicted octanol–water partition coefficient (Wildman–Crippen LogP) is 3.14. The zero-order valence-corrected chi connectivity index (χ0v) is 16.9. The van der Waals surface area contributed by atoms with Crippen molar-refractivity contribution in [2.75, 3.05) is 25.1 Å². The summed E-state index contributed by atoms with van der Waals surface area (Å²) in [5, 5.41) is 5.34. The molecule has 0 atom stereocenters. The molecule has 0 radical (unpaired) electrons. The lowest BCUT2D eigenvalue weighted by molar-refractivity contribution is 0.241. The van der Waals surface area contributed by atoms with Crippen LogP contribution in [0.5, 0.6) is 0 Å². The number of hydrogen-bond donors (Lipinski definition) is 3. The lowest BCUT2D eigenvalue weighted by atomic mass is 10.0. The Bertz CT molecular complexity index is 1180. The van der Waals surface area contributed by atoms with Crippen molar-refractivity contribution in [2.45, 2.75) is 6.42 Å². The number of urea groups is 1. The molecule has 10 heteroatoms. The summed E-state index contributed by atoms with van der Waals surface area (Å²) in [6, 6.07) is 6.96. The zero-order chi connectivity index (χ0) is 21.9. The molecule has 30 heavy (non-hydrogen) atoms. The highest BCUT2D eigenvalue weighted by Gasteiger charge is 2.17. The molecule has 0 saturated carbocycles. The van der Waals surface area contributed by atoms with E-state index >= 15 is 0 Å². The molecule has 0 unspecified atom stereocenters. The van der Waals surface area contributed by atoms with Gasteiger partial charge in [-0.2, -0.15) is 0 Å². The molecule has 2 aromatic carbocycles. The predicted molar refractivity (Wildman–Crippen MR) is 108 cm³/mol. The molecule has 0 aliphatic rings. The summed E-state index contributed by atoms with van der Waals surface area (Å²) in [5.74, 6) is -2.11. The van der Waals surface area contributed by atoms with Crippen molar-refractivity contribution in [3.8, 4) is 11.3 Å². The van der Waals surface area contributed by atoms with Crippen LogP contribution in [0.15, 0.2) is 36.4 Å². The minimum Gasteiger partial charge on any atom is -0.352 e. The second kappa shape index (κ2) is 8.78. The third-order valence-electron chi connectivity index (χ3n) is 4.48. The lowest BCUT2D eigenvalue weighted by Gasteiger charge is -2.09. The average Bonchev–Trinajstić information content (AvgIpc) is 3.00. The van der Waals surface area contributed by atoms with Crippen LogP contribution in [0.2, 0.25) is 0 Å². The van der Waals surface area contributed by atoms with Crippen molar-refractivity contribution >= 4 is 26.8 Å². The number of fused-ring (bicyclic) bond motifs is 1. The van der Waals surface area contributed by atoms with Crippen LogP contribution < -0.4 is 10.6 Å². The molecule has 1 aromatic heterocycles. The molecule has 0 aliphatic carbocycles. The first-order chi connectivity index (χ1) is 14.1. The number of aromatic amines is 1. The van der Waals surface area contributed by atoms with E-state index in [1.54, 1.807) is 0 Å². The summed E-state index contributed by atoms with van der Waals surface area (Å²) in [5.41, 5.74) is 1.75. The number of sulfone groups is 1. The van der Waals surface area contributed by atoms with Gasteiger partial charge in [0, 0.05) is 36.5 Å². The molecule has 0 fully saturated rings. The molecule has 1 heterocycles. The number of aromatic nitrogens is 1. The van der Waals surface area contributed by atoms with Crippen LogP contribution in [-0.4, -0.2) is 44.5 Å². The number of nitrogens with one attached hydrogen (secondary N) is 3. The Balaban J connectivity index is 1.80. The van der Waals surface area contributed by atoms with Crippen molar-refractivity contribution in [2.24, 2.45) is 0 Å². The molecule has 0 bridgehead atoms. The molecule has 6 nitrogen and oxygen atoms in total. The van der Waals surface area contributed by atoms with E-state index < -0.39 is 33.3 Å². The maximum Gasteiger partial charge on any atom is 0.314 e. The first-order valence-corrected chi connectivity index (χ1v) is 11.1. The van der Waals surface area contributed by atoms with Crippen molar-refractivity contribution in [3.63, 3.8) is 0 Å². The van der Waals surface area contributed by atoms with Crippen LogP contribution in [0, 0.1) is 17.5 Å². The molecule has 3 N–H and O–H groups in total. The molecule has 3 rings (SSSR count). The van der Waals surface area contributed by atoms with Crippen molar-refractivity contribution in [3.05, 3.63) is 59.4 Å². The highest BCUT2D eigenvalue weighted by Crippen LogP contribution is 2.32. The van der Waals surface area contributed by atoms with Gasteiger partial charge in [0.25, 0.3) is 0 Å². The summed E-state index contributed by atoms with van der Waals surface area (Å²) >= 11 is 0. The molecular formula is C20H20F3N3O3S. The van der Waals surface area contributed by atoms with Crippen molar-refractivity contribution in [1.29, 1.82) is 0 Å². The largest absolute Gasteiger partial charge is 0.352 e. The van der Waals surface area contributed by atoms with Crippen molar-refractivity contribution in [1.82, 2.24) is 15.6 Å². The highest BCUT2D eigenvalue weighted by atomic mass is 32.2. The Labute approximate surface area is 171 Å². The van der Waals surface area contributed by atoms with Gasteiger partial charge in [0.1, 0.15) is 27.3 Å². The molecule has 0 aliphatic heterocycles. The van der Waals surface area contributed by atoms with E-state index in [0.29, 0.717) is 22.2 Å². The Kier molecular flexibility index (Phi) is 6.35. The van der Waals surface area contributed by atoms with Crippen LogP contribution in [0.25, 0.3) is 22.2 Å². The minimum atomic E-state index is -3.19. The average molecular weight is 439 g/mol. The lowest BCUT2D eigenvalue weighted by Crippen LogP contribution is -2.38. The number of amides is 2. The maximum absolute atomic E-state index is 14.2. The van der Waals surface area contributed by atoms with Crippen molar-refractivity contribution < 1.29 is 26.4 Å². The van der Waals surface area contributed by atoms with Gasteiger partial charge in [-0.1, -0.05) is 0 Å². The topological polar surface area (TPSA) is 91.1 Å². The molecule has 2 amide bonds. The second-order valence-electron chi connectivity index (χ2n) is 6.86. The quantitative estimate of drug-likeness (QED) is 0.528. The molecule has 0 spiro atoms. The Morgan fingerprint density at radius 3 is 2.33 bits per heavy atom. The minimum absolute atomic E-state index is 0.0327. The molecule has 0 saturated heterocycles. The Hall–Kier alpha value is -3.01. The van der Waals surface area contributed by atoms with E-state index in [1.165, 1.54) is 30.3 Å². The van der Waals surface area contributed by atoms with E-state index in [1.807, 2.05) is 0 Å². The fourth-order valence-corrected chi connectivity index (χ4v) is 3.58. The zero-order valence-electron chi connectivity index (χ0n) is 16.1. The van der Waals surface area contributed by atoms with Gasteiger partial charge in [-0.25, -0.2) is 26.4 Å². The van der Waals surface area contributed by atoms with Gasteiger partial charge in [-0.05, 0) is 47.9 Å². The number of benzene rings is 2. The van der Waals surface area contributed by atoms with Gasteiger partial charge in [-0.3, -0.25) is 0 Å². The summed E-state index contributed by atoms with van der Waals surface area (Å²) in [7, 11) is -3.19. The van der Waals surface area contributed by atoms with Gasteiger partial charge < -0.3 is 15.6 Å². The van der Waals surface area contributed by atoms with E-state index in [2.05, 4.69) is 15.6 Å². The summed E-state index contributed by atoms with van der Waals surface area (Å²) < 4.78 is 63.5. The maximum atomic E-state index is 14.2. The number of carbonyl (C=O) groups is 1. The van der Waals surface area contributed by atoms with Crippen LogP contribution in [0.3, 0.4) is 0 Å². The third kappa shape index (κ3) is 5.32. The standard InChI is InChI=1S/C20H20F3N3O3S/c1-30(28,29)9-8-25-20(27)24-7-6-15-16-10-14(22)11-17(23)19(16)26-18(15)12-2-4-13(21)5-3-12/h2-5,10-11,26H,6-9H2,1H3,(H2,24,25,27). The van der Waals surface area contributed by atoms with Crippen LogP contribution in [-0.2, 0) is 16.3 Å². The molecular weight excluding hydrogens is 419 g/mol. The monoisotopic (exact) mass is 439 g/mol. The Morgan fingerprint density at radius 1 is 1.00 bits per heavy atom. The third-order valence-corrected chi connectivity index (χ3v) is 5.43. The molecule has 160 valence electrons. The van der Waals surface area contributed by atoms with Crippen LogP contribution >= 0.6 is 0 Å². The van der Waals surface area contributed by atoms with E-state index in [-0.39, 0.29) is 30.8 Å². The van der Waals surface area contributed by atoms with E-state index in [9.17, 15) is 26.4 Å². The number of H-pyrrole nitrogens is 1. The number of hydrogen-bond acceptors (Lipinski definition) is 3. The normalized spacial score (nSPS) is 11.6. The summed E-state index contributed by atoms with van der Waals surface area (Å²) in [6.45, 7) is 0.0962. The fraction of sp³-hybridized carbons (Fsp3) is 0.250. The Morgan fingerprint density at radius 2 is 1.67 bits per heavy atom. The van der Waals surface area contributed by atoms with E-state index in [0.717, 1.165) is 12.3 Å². The summed E-state index contributed by atoms with van der Waals surface area (Å²) in [4.78, 5) is 14.8. The van der Waals surface area contributed by atoms with Crippen LogP contribution in [0.4, 0.5) is 18.0 Å². The highest BCUT2D eigenvalue weighted by molar-refractivity contribution is 7.90. The first-order valence-electron chi connectivity index (χ1n) is 9.09. The molecule has 3 aromatic rings. The number of rotatable bonds is 7. The summed E-state index contributed by atoms with van der Waals surface area (Å²) in [6.07, 6.45) is 1.30. The van der Waals surface area contributed by atoms with Gasteiger partial charge in [-0.15, -0.1) is 0 Å². The number of carbonyl (C=O) groups excluding carboxylic acids is 1. The smallest absolute Gasteiger partial charge is 0.314 e. The van der Waals surface area contributed by atoms with Gasteiger partial charge in [0.2, 0.25) is 0 Å². The van der Waals surface area contributed by atoms with Crippen LogP contribution in [0.1, 0.15) is 5.56 Å². The van der Waals surface area contributed by atoms with E-state index in [4.69, 9.17) is 0 Å². The van der Waals surface area contributed by atoms with Gasteiger partial charge in [0.05, 0.1) is 11.3 Å². The second-order valence-corrected chi connectivity index (χ2v) is 9.12. The SMILES string of the molecule is CS(=O)(=O)CCNC(=O)NCCc1c(-c2ccc(F)cc2)[nH]c2c(F)cc(F)cc12.